The lowest BCUT2D eigenvalue weighted by atomic mass is 10.2. The van der Waals surface area contributed by atoms with E-state index in [0.29, 0.717) is 0 Å². The Bertz CT molecular complexity index is 312. The van der Waals surface area contributed by atoms with Gasteiger partial charge in [0.2, 0.25) is 0 Å². The van der Waals surface area contributed by atoms with E-state index in [1.54, 1.807) is 11.3 Å². The van der Waals surface area contributed by atoms with Gasteiger partial charge < -0.3 is 10.2 Å². The summed E-state index contributed by atoms with van der Waals surface area (Å²) in [6.07, 6.45) is 0. The van der Waals surface area contributed by atoms with Crippen molar-refractivity contribution >= 4 is 27.3 Å². The summed E-state index contributed by atoms with van der Waals surface area (Å²) in [5.41, 5.74) is 0. The molecule has 2 nitrogen and oxygen atoms in total. The van der Waals surface area contributed by atoms with Crippen molar-refractivity contribution in [3.63, 3.8) is 0 Å². The van der Waals surface area contributed by atoms with E-state index in [9.17, 15) is 0 Å². The maximum Gasteiger partial charge on any atom is 0.0300 e. The fourth-order valence-electron chi connectivity index (χ4n) is 1.79. The summed E-state index contributed by atoms with van der Waals surface area (Å²) in [5.74, 6) is 0.753. The molecule has 0 saturated carbocycles. The number of hydrogen-bond donors (Lipinski definition) is 1. The summed E-state index contributed by atoms with van der Waals surface area (Å²) in [6, 6.07) is 2.18. The summed E-state index contributed by atoms with van der Waals surface area (Å²) in [6.45, 7) is 12.3. The zero-order chi connectivity index (χ0) is 12.7. The molecule has 0 amide bonds. The Balaban J connectivity index is 2.14. The Morgan fingerprint density at radius 1 is 1.47 bits per heavy atom. The third-order valence-electron chi connectivity index (χ3n) is 2.60. The fraction of sp³-hybridized carbons (Fsp3) is 0.692. The lowest BCUT2D eigenvalue weighted by Crippen LogP contribution is -2.34. The molecule has 0 bridgehead atoms. The molecule has 1 N–H and O–H groups in total. The third-order valence-corrected chi connectivity index (χ3v) is 4.29. The largest absolute Gasteiger partial charge is 0.311 e. The van der Waals surface area contributed by atoms with Gasteiger partial charge in [-0.1, -0.05) is 20.8 Å². The van der Waals surface area contributed by atoms with Crippen LogP contribution in [0.4, 0.5) is 0 Å². The van der Waals surface area contributed by atoms with Crippen LogP contribution in [0.1, 0.15) is 25.6 Å². The molecule has 0 aliphatic heterocycles. The molecule has 0 atom stereocenters. The van der Waals surface area contributed by atoms with E-state index < -0.39 is 0 Å². The maximum atomic E-state index is 3.50. The second-order valence-corrected chi connectivity index (χ2v) is 6.61. The topological polar surface area (TPSA) is 15.3 Å². The smallest absolute Gasteiger partial charge is 0.0300 e. The Morgan fingerprint density at radius 2 is 2.24 bits per heavy atom. The Labute approximate surface area is 118 Å². The van der Waals surface area contributed by atoms with Crippen molar-refractivity contribution in [2.75, 3.05) is 26.2 Å². The van der Waals surface area contributed by atoms with E-state index in [0.717, 1.165) is 32.1 Å². The normalized spacial score (nSPS) is 11.6. The van der Waals surface area contributed by atoms with Gasteiger partial charge in [-0.2, -0.15) is 0 Å². The number of halogens is 1. The first kappa shape index (κ1) is 15.2. The van der Waals surface area contributed by atoms with Gasteiger partial charge in [0, 0.05) is 40.9 Å². The van der Waals surface area contributed by atoms with E-state index in [1.807, 2.05) is 0 Å². The summed E-state index contributed by atoms with van der Waals surface area (Å²) < 4.78 is 1.19. The minimum atomic E-state index is 0.753. The molecule has 0 fully saturated rings. The summed E-state index contributed by atoms with van der Waals surface area (Å²) >= 11 is 5.28. The average molecular weight is 319 g/mol. The number of rotatable bonds is 8. The molecule has 0 unspecified atom stereocenters. The molecule has 0 saturated heterocycles. The van der Waals surface area contributed by atoms with E-state index in [-0.39, 0.29) is 0 Å². The van der Waals surface area contributed by atoms with Gasteiger partial charge >= 0.3 is 0 Å². The van der Waals surface area contributed by atoms with Crippen LogP contribution >= 0.6 is 27.3 Å². The second kappa shape index (κ2) is 8.25. The van der Waals surface area contributed by atoms with Crippen molar-refractivity contribution < 1.29 is 0 Å². The van der Waals surface area contributed by atoms with Crippen LogP contribution in [0.3, 0.4) is 0 Å². The van der Waals surface area contributed by atoms with Crippen molar-refractivity contribution in [1.82, 2.24) is 10.2 Å². The van der Waals surface area contributed by atoms with Crippen LogP contribution in [-0.2, 0) is 6.54 Å². The monoisotopic (exact) mass is 318 g/mol. The predicted octanol–water partition coefficient (Wildman–Crippen LogP) is 3.58. The Hall–Kier alpha value is 0.1000. The van der Waals surface area contributed by atoms with Gasteiger partial charge in [0.15, 0.2) is 0 Å². The molecule has 1 aromatic rings. The highest BCUT2D eigenvalue weighted by Gasteiger charge is 2.04. The zero-order valence-electron chi connectivity index (χ0n) is 11.0. The molecular formula is C13H23BrN2S. The number of hydrogen-bond acceptors (Lipinski definition) is 3. The van der Waals surface area contributed by atoms with Crippen molar-refractivity contribution in [2.24, 2.45) is 5.92 Å². The van der Waals surface area contributed by atoms with E-state index in [2.05, 4.69) is 58.4 Å². The van der Waals surface area contributed by atoms with Gasteiger partial charge in [-0.05, 0) is 34.5 Å². The van der Waals surface area contributed by atoms with Crippen LogP contribution in [0.15, 0.2) is 15.9 Å². The van der Waals surface area contributed by atoms with Crippen molar-refractivity contribution in [1.29, 1.82) is 0 Å². The number of likely N-dealkylation sites (N-methyl/N-ethyl adjacent to an activating group) is 1. The van der Waals surface area contributed by atoms with Crippen molar-refractivity contribution in [3.8, 4) is 0 Å². The van der Waals surface area contributed by atoms with Gasteiger partial charge in [-0.15, -0.1) is 11.3 Å². The standard InChI is InChI=1S/C13H23BrN2S/c1-4-16(9-11(2)3)6-5-15-8-13-7-12(14)10-17-13/h7,10-11,15H,4-6,8-9H2,1-3H3. The number of thiophene rings is 1. The van der Waals surface area contributed by atoms with Crippen LogP contribution in [0, 0.1) is 5.92 Å². The molecule has 17 heavy (non-hydrogen) atoms. The van der Waals surface area contributed by atoms with Gasteiger partial charge in [0.25, 0.3) is 0 Å². The molecule has 0 spiro atoms. The van der Waals surface area contributed by atoms with E-state index >= 15 is 0 Å². The zero-order valence-corrected chi connectivity index (χ0v) is 13.4. The number of nitrogens with one attached hydrogen (secondary N) is 1. The number of nitrogens with zero attached hydrogens (tertiary/aromatic N) is 1. The molecular weight excluding hydrogens is 296 g/mol. The first-order valence-corrected chi connectivity index (χ1v) is 7.95. The lowest BCUT2D eigenvalue weighted by Gasteiger charge is -2.22. The lowest BCUT2D eigenvalue weighted by molar-refractivity contribution is 0.256. The van der Waals surface area contributed by atoms with Gasteiger partial charge in [0.1, 0.15) is 0 Å². The van der Waals surface area contributed by atoms with E-state index in [4.69, 9.17) is 0 Å². The fourth-order valence-corrected chi connectivity index (χ4v) is 3.21. The summed E-state index contributed by atoms with van der Waals surface area (Å²) in [5, 5.41) is 5.63. The molecule has 1 aromatic heterocycles. The van der Waals surface area contributed by atoms with Gasteiger partial charge in [0.05, 0.1) is 0 Å². The maximum absolute atomic E-state index is 3.50. The van der Waals surface area contributed by atoms with Gasteiger partial charge in [-0.3, -0.25) is 0 Å². The molecule has 0 radical (unpaired) electrons. The average Bonchev–Trinajstić information content (AvgIpc) is 2.68. The quantitative estimate of drug-likeness (QED) is 0.737. The minimum absolute atomic E-state index is 0.753. The summed E-state index contributed by atoms with van der Waals surface area (Å²) in [7, 11) is 0. The molecule has 4 heteroatoms. The first-order chi connectivity index (χ1) is 8.11. The highest BCUT2D eigenvalue weighted by molar-refractivity contribution is 9.10. The van der Waals surface area contributed by atoms with Crippen LogP contribution in [0.5, 0.6) is 0 Å². The Morgan fingerprint density at radius 3 is 2.76 bits per heavy atom. The first-order valence-electron chi connectivity index (χ1n) is 6.27. The van der Waals surface area contributed by atoms with Crippen LogP contribution < -0.4 is 5.32 Å². The van der Waals surface area contributed by atoms with Crippen molar-refractivity contribution in [3.05, 3.63) is 20.8 Å². The van der Waals surface area contributed by atoms with Crippen LogP contribution in [0.25, 0.3) is 0 Å². The highest BCUT2D eigenvalue weighted by Crippen LogP contribution is 2.19. The SMILES string of the molecule is CCN(CCNCc1cc(Br)cs1)CC(C)C. The summed E-state index contributed by atoms with van der Waals surface area (Å²) in [4.78, 5) is 3.89. The predicted molar refractivity (Wildman–Crippen MR) is 80.7 cm³/mol. The molecule has 98 valence electrons. The second-order valence-electron chi connectivity index (χ2n) is 4.70. The van der Waals surface area contributed by atoms with E-state index in [1.165, 1.54) is 15.9 Å². The highest BCUT2D eigenvalue weighted by atomic mass is 79.9. The van der Waals surface area contributed by atoms with Crippen LogP contribution in [-0.4, -0.2) is 31.1 Å². The molecule has 0 aliphatic carbocycles. The molecule has 1 heterocycles. The molecule has 1 rings (SSSR count). The minimum Gasteiger partial charge on any atom is -0.311 e. The molecule has 0 aliphatic rings. The third kappa shape index (κ3) is 6.55. The molecule has 0 aromatic carbocycles. The Kier molecular flexibility index (Phi) is 7.35. The van der Waals surface area contributed by atoms with Crippen LogP contribution in [0.2, 0.25) is 0 Å². The van der Waals surface area contributed by atoms with Gasteiger partial charge in [-0.25, -0.2) is 0 Å². The van der Waals surface area contributed by atoms with Crippen molar-refractivity contribution in [2.45, 2.75) is 27.3 Å².